The fraction of sp³-hybridized carbons (Fsp3) is 0.533. The molecule has 0 aliphatic carbocycles. The van der Waals surface area contributed by atoms with Crippen LogP contribution in [0.15, 0.2) is 18.7 Å². The van der Waals surface area contributed by atoms with Crippen molar-refractivity contribution in [2.24, 2.45) is 0 Å². The summed E-state index contributed by atoms with van der Waals surface area (Å²) < 4.78 is 2.06. The quantitative estimate of drug-likeness (QED) is 0.819. The Labute approximate surface area is 126 Å². The zero-order chi connectivity index (χ0) is 15.2. The molecule has 2 N–H and O–H groups in total. The monoisotopic (exact) mass is 288 g/mol. The van der Waals surface area contributed by atoms with Crippen LogP contribution in [0.2, 0.25) is 0 Å². The van der Waals surface area contributed by atoms with Crippen molar-refractivity contribution in [2.75, 3.05) is 17.7 Å². The molecule has 6 heteroatoms. The molecule has 0 radical (unpaired) electrons. The molecule has 2 rings (SSSR count). The van der Waals surface area contributed by atoms with E-state index in [0.29, 0.717) is 0 Å². The van der Waals surface area contributed by atoms with Crippen LogP contribution in [0.25, 0.3) is 0 Å². The van der Waals surface area contributed by atoms with Crippen molar-refractivity contribution in [3.05, 3.63) is 30.1 Å². The molecule has 21 heavy (non-hydrogen) atoms. The third kappa shape index (κ3) is 3.93. The van der Waals surface area contributed by atoms with E-state index in [2.05, 4.69) is 44.0 Å². The van der Waals surface area contributed by atoms with Gasteiger partial charge in [-0.3, -0.25) is 0 Å². The van der Waals surface area contributed by atoms with E-state index in [1.165, 1.54) is 0 Å². The summed E-state index contributed by atoms with van der Waals surface area (Å²) in [5, 5.41) is 6.63. The second kappa shape index (κ2) is 7.06. The molecule has 0 bridgehead atoms. The van der Waals surface area contributed by atoms with Gasteiger partial charge in [-0.2, -0.15) is 0 Å². The Morgan fingerprint density at radius 1 is 1.29 bits per heavy atom. The summed E-state index contributed by atoms with van der Waals surface area (Å²) in [4.78, 5) is 13.3. The van der Waals surface area contributed by atoms with E-state index in [0.717, 1.165) is 42.4 Å². The molecule has 2 aromatic rings. The number of anilines is 2. The first-order chi connectivity index (χ1) is 10.1. The first kappa shape index (κ1) is 15.3. The minimum absolute atomic E-state index is 0.256. The van der Waals surface area contributed by atoms with E-state index in [4.69, 9.17) is 0 Å². The van der Waals surface area contributed by atoms with E-state index in [1.54, 1.807) is 6.20 Å². The van der Waals surface area contributed by atoms with Crippen molar-refractivity contribution in [2.45, 2.75) is 46.2 Å². The van der Waals surface area contributed by atoms with Crippen LogP contribution in [-0.2, 0) is 13.0 Å². The van der Waals surface area contributed by atoms with Gasteiger partial charge in [0.1, 0.15) is 17.5 Å². The van der Waals surface area contributed by atoms with E-state index in [9.17, 15) is 0 Å². The van der Waals surface area contributed by atoms with Gasteiger partial charge in [0.25, 0.3) is 0 Å². The zero-order valence-electron chi connectivity index (χ0n) is 13.2. The van der Waals surface area contributed by atoms with Crippen LogP contribution in [-0.4, -0.2) is 32.6 Å². The van der Waals surface area contributed by atoms with E-state index < -0.39 is 0 Å². The molecule has 0 spiro atoms. The SMILES string of the molecule is CCCc1nc(NC)c(C)c(NC(C)Cn2ccnc2)n1. The fourth-order valence-electron chi connectivity index (χ4n) is 2.27. The number of imidazole rings is 1. The molecular weight excluding hydrogens is 264 g/mol. The molecule has 6 nitrogen and oxygen atoms in total. The summed E-state index contributed by atoms with van der Waals surface area (Å²) in [6.45, 7) is 7.16. The number of nitrogens with one attached hydrogen (secondary N) is 2. The van der Waals surface area contributed by atoms with Gasteiger partial charge >= 0.3 is 0 Å². The Morgan fingerprint density at radius 2 is 2.05 bits per heavy atom. The molecule has 1 unspecified atom stereocenters. The minimum atomic E-state index is 0.256. The van der Waals surface area contributed by atoms with Crippen LogP contribution >= 0.6 is 0 Å². The maximum Gasteiger partial charge on any atom is 0.135 e. The number of hydrogen-bond acceptors (Lipinski definition) is 5. The number of nitrogens with zero attached hydrogens (tertiary/aromatic N) is 4. The largest absolute Gasteiger partial charge is 0.373 e. The Kier molecular flexibility index (Phi) is 5.14. The Balaban J connectivity index is 2.15. The second-order valence-corrected chi connectivity index (χ2v) is 5.27. The Morgan fingerprint density at radius 3 is 2.67 bits per heavy atom. The predicted molar refractivity (Wildman–Crippen MR) is 85.6 cm³/mol. The standard InChI is InChI=1S/C15H24N6/c1-5-6-13-19-14(16-4)12(3)15(20-13)18-11(2)9-21-8-7-17-10-21/h7-8,10-11H,5-6,9H2,1-4H3,(H2,16,18,19,20). The van der Waals surface area contributed by atoms with Gasteiger partial charge in [0.15, 0.2) is 0 Å². The van der Waals surface area contributed by atoms with Gasteiger partial charge in [0.2, 0.25) is 0 Å². The molecule has 0 aliphatic rings. The van der Waals surface area contributed by atoms with Crippen LogP contribution in [0.5, 0.6) is 0 Å². The Hall–Kier alpha value is -2.11. The third-order valence-electron chi connectivity index (χ3n) is 3.33. The number of aromatic nitrogens is 4. The van der Waals surface area contributed by atoms with E-state index in [1.807, 2.05) is 26.5 Å². The maximum atomic E-state index is 4.65. The van der Waals surface area contributed by atoms with Crippen LogP contribution in [0, 0.1) is 6.92 Å². The first-order valence-electron chi connectivity index (χ1n) is 7.41. The maximum absolute atomic E-state index is 4.65. The molecule has 0 aromatic carbocycles. The molecule has 0 amide bonds. The summed E-state index contributed by atoms with van der Waals surface area (Å²) in [5.74, 6) is 2.68. The minimum Gasteiger partial charge on any atom is -0.373 e. The molecule has 0 saturated heterocycles. The van der Waals surface area contributed by atoms with Crippen LogP contribution < -0.4 is 10.6 Å². The first-order valence-corrected chi connectivity index (χ1v) is 7.41. The molecule has 2 heterocycles. The van der Waals surface area contributed by atoms with Crippen molar-refractivity contribution >= 4 is 11.6 Å². The van der Waals surface area contributed by atoms with E-state index >= 15 is 0 Å². The summed E-state index contributed by atoms with van der Waals surface area (Å²) in [5.41, 5.74) is 1.05. The highest BCUT2D eigenvalue weighted by atomic mass is 15.1. The molecular formula is C15H24N6. The van der Waals surface area contributed by atoms with Gasteiger partial charge in [0.05, 0.1) is 6.33 Å². The molecule has 0 aliphatic heterocycles. The predicted octanol–water partition coefficient (Wildman–Crippen LogP) is 2.48. The fourth-order valence-corrected chi connectivity index (χ4v) is 2.27. The van der Waals surface area contributed by atoms with Crippen LogP contribution in [0.3, 0.4) is 0 Å². The van der Waals surface area contributed by atoms with Gasteiger partial charge < -0.3 is 15.2 Å². The van der Waals surface area contributed by atoms with Crippen molar-refractivity contribution in [1.82, 2.24) is 19.5 Å². The van der Waals surface area contributed by atoms with Gasteiger partial charge in [-0.05, 0) is 20.3 Å². The molecule has 0 fully saturated rings. The lowest BCUT2D eigenvalue weighted by molar-refractivity contribution is 0.615. The molecule has 0 saturated carbocycles. The van der Waals surface area contributed by atoms with Crippen LogP contribution in [0.1, 0.15) is 31.7 Å². The molecule has 2 aromatic heterocycles. The Bertz CT molecular complexity index is 564. The average molecular weight is 288 g/mol. The lowest BCUT2D eigenvalue weighted by atomic mass is 10.2. The van der Waals surface area contributed by atoms with Crippen molar-refractivity contribution < 1.29 is 0 Å². The topological polar surface area (TPSA) is 67.7 Å². The lowest BCUT2D eigenvalue weighted by Crippen LogP contribution is -2.23. The number of aryl methyl sites for hydroxylation is 1. The summed E-state index contributed by atoms with van der Waals surface area (Å²) in [7, 11) is 1.89. The molecule has 1 atom stereocenters. The van der Waals surface area contributed by atoms with Crippen molar-refractivity contribution in [1.29, 1.82) is 0 Å². The van der Waals surface area contributed by atoms with Gasteiger partial charge in [0, 0.05) is 44.0 Å². The highest BCUT2D eigenvalue weighted by Gasteiger charge is 2.12. The number of hydrogen-bond donors (Lipinski definition) is 2. The van der Waals surface area contributed by atoms with Crippen molar-refractivity contribution in [3.8, 4) is 0 Å². The average Bonchev–Trinajstić information content (AvgIpc) is 2.95. The number of rotatable bonds is 7. The third-order valence-corrected chi connectivity index (χ3v) is 3.33. The zero-order valence-corrected chi connectivity index (χ0v) is 13.2. The summed E-state index contributed by atoms with van der Waals surface area (Å²) in [6, 6.07) is 0.256. The van der Waals surface area contributed by atoms with Crippen molar-refractivity contribution in [3.63, 3.8) is 0 Å². The van der Waals surface area contributed by atoms with E-state index in [-0.39, 0.29) is 6.04 Å². The summed E-state index contributed by atoms with van der Waals surface area (Å²) >= 11 is 0. The van der Waals surface area contributed by atoms with Gasteiger partial charge in [-0.15, -0.1) is 0 Å². The van der Waals surface area contributed by atoms with Gasteiger partial charge in [-0.1, -0.05) is 6.92 Å². The smallest absolute Gasteiger partial charge is 0.135 e. The summed E-state index contributed by atoms with van der Waals surface area (Å²) in [6.07, 6.45) is 7.51. The highest BCUT2D eigenvalue weighted by molar-refractivity contribution is 5.57. The highest BCUT2D eigenvalue weighted by Crippen LogP contribution is 2.21. The normalized spacial score (nSPS) is 12.2. The molecule has 114 valence electrons. The van der Waals surface area contributed by atoms with Gasteiger partial charge in [-0.25, -0.2) is 15.0 Å². The lowest BCUT2D eigenvalue weighted by Gasteiger charge is -2.18. The van der Waals surface area contributed by atoms with Crippen LogP contribution in [0.4, 0.5) is 11.6 Å². The second-order valence-electron chi connectivity index (χ2n) is 5.27.